The van der Waals surface area contributed by atoms with Crippen LogP contribution in [0.1, 0.15) is 57.9 Å². The summed E-state index contributed by atoms with van der Waals surface area (Å²) in [5.41, 5.74) is 7.09. The first-order chi connectivity index (χ1) is 14.8. The monoisotopic (exact) mass is 432 g/mol. The Bertz CT molecular complexity index is 764. The van der Waals surface area contributed by atoms with Crippen molar-refractivity contribution >= 4 is 5.91 Å². The van der Waals surface area contributed by atoms with E-state index >= 15 is 0 Å². The van der Waals surface area contributed by atoms with Crippen LogP contribution < -0.4 is 15.8 Å². The summed E-state index contributed by atoms with van der Waals surface area (Å²) in [4.78, 5) is 13.1. The Morgan fingerprint density at radius 1 is 1.16 bits per heavy atom. The highest BCUT2D eigenvalue weighted by Gasteiger charge is 2.52. The predicted molar refractivity (Wildman–Crippen MR) is 121 cm³/mol. The van der Waals surface area contributed by atoms with Gasteiger partial charge in [-0.3, -0.25) is 4.79 Å². The Morgan fingerprint density at radius 3 is 2.29 bits per heavy atom. The van der Waals surface area contributed by atoms with Crippen molar-refractivity contribution in [1.82, 2.24) is 5.32 Å². The van der Waals surface area contributed by atoms with Crippen LogP contribution in [-0.4, -0.2) is 39.3 Å². The van der Waals surface area contributed by atoms with E-state index in [4.69, 9.17) is 15.2 Å². The van der Waals surface area contributed by atoms with Crippen LogP contribution in [0, 0.1) is 10.8 Å². The van der Waals surface area contributed by atoms with E-state index < -0.39 is 0 Å². The quantitative estimate of drug-likeness (QED) is 0.579. The Hall–Kier alpha value is -1.92. The summed E-state index contributed by atoms with van der Waals surface area (Å²) >= 11 is 0. The number of amides is 1. The standard InChI is InChI=1S/C25H37FN2O3/c1-23(2,18-30-3)17-28-22(29)25-11-8-24(9-12-25,10-13-25)20-4-6-21(7-5-20)31-16-19(14-26)15-27/h4-7,14H,8-13,15-18,27H2,1-3H3,(H,28,29). The van der Waals surface area contributed by atoms with Gasteiger partial charge >= 0.3 is 0 Å². The molecule has 1 aromatic rings. The molecule has 3 aliphatic carbocycles. The molecule has 0 aliphatic heterocycles. The van der Waals surface area contributed by atoms with Crippen LogP contribution in [0.15, 0.2) is 36.2 Å². The van der Waals surface area contributed by atoms with Crippen molar-refractivity contribution in [3.8, 4) is 5.75 Å². The fourth-order valence-electron chi connectivity index (χ4n) is 5.12. The Kier molecular flexibility index (Phi) is 7.43. The molecular formula is C25H37FN2O3. The molecule has 172 valence electrons. The molecule has 0 aromatic heterocycles. The minimum absolute atomic E-state index is 0.0666. The van der Waals surface area contributed by atoms with Crippen molar-refractivity contribution in [2.24, 2.45) is 16.6 Å². The van der Waals surface area contributed by atoms with E-state index in [2.05, 4.69) is 31.3 Å². The summed E-state index contributed by atoms with van der Waals surface area (Å²) in [6, 6.07) is 8.17. The third-order valence-electron chi connectivity index (χ3n) is 7.30. The number of methoxy groups -OCH3 is 1. The molecule has 1 aromatic carbocycles. The van der Waals surface area contributed by atoms with Gasteiger partial charge in [-0.25, -0.2) is 4.39 Å². The zero-order valence-electron chi connectivity index (χ0n) is 19.1. The normalized spacial score (nSPS) is 26.0. The maximum Gasteiger partial charge on any atom is 0.226 e. The summed E-state index contributed by atoms with van der Waals surface area (Å²) in [5.74, 6) is 0.928. The first-order valence-electron chi connectivity index (χ1n) is 11.3. The average Bonchev–Trinajstić information content (AvgIpc) is 2.80. The number of hydrogen-bond donors (Lipinski definition) is 2. The molecule has 1 amide bonds. The molecule has 5 nitrogen and oxygen atoms in total. The summed E-state index contributed by atoms with van der Waals surface area (Å²) in [5, 5.41) is 3.21. The molecule has 4 rings (SSSR count). The van der Waals surface area contributed by atoms with Gasteiger partial charge in [-0.15, -0.1) is 0 Å². The van der Waals surface area contributed by atoms with E-state index in [0.29, 0.717) is 30.8 Å². The molecule has 3 saturated carbocycles. The van der Waals surface area contributed by atoms with Gasteiger partial charge in [0.05, 0.1) is 12.9 Å². The molecule has 0 radical (unpaired) electrons. The van der Waals surface area contributed by atoms with Gasteiger partial charge in [0.2, 0.25) is 5.91 Å². The number of benzene rings is 1. The van der Waals surface area contributed by atoms with Gasteiger partial charge in [0, 0.05) is 36.6 Å². The number of nitrogens with two attached hydrogens (primary N) is 1. The average molecular weight is 433 g/mol. The first-order valence-corrected chi connectivity index (χ1v) is 11.3. The minimum Gasteiger partial charge on any atom is -0.489 e. The fourth-order valence-corrected chi connectivity index (χ4v) is 5.12. The van der Waals surface area contributed by atoms with E-state index in [1.54, 1.807) is 7.11 Å². The number of nitrogens with one attached hydrogen (secondary N) is 1. The van der Waals surface area contributed by atoms with Crippen molar-refractivity contribution in [2.75, 3.05) is 33.4 Å². The van der Waals surface area contributed by atoms with Crippen molar-refractivity contribution in [2.45, 2.75) is 57.8 Å². The molecule has 0 atom stereocenters. The number of ether oxygens (including phenoxy) is 2. The van der Waals surface area contributed by atoms with Crippen LogP contribution in [0.3, 0.4) is 0 Å². The topological polar surface area (TPSA) is 73.6 Å². The second-order valence-electron chi connectivity index (χ2n) is 10.1. The second-order valence-corrected chi connectivity index (χ2v) is 10.1. The van der Waals surface area contributed by atoms with Gasteiger partial charge < -0.3 is 20.5 Å². The van der Waals surface area contributed by atoms with Crippen molar-refractivity contribution in [3.63, 3.8) is 0 Å². The number of halogens is 1. The number of carbonyl (C=O) groups excluding carboxylic acids is 1. The molecule has 3 aliphatic rings. The minimum atomic E-state index is -0.217. The second kappa shape index (κ2) is 9.70. The van der Waals surface area contributed by atoms with E-state index in [9.17, 15) is 9.18 Å². The zero-order valence-corrected chi connectivity index (χ0v) is 19.1. The van der Waals surface area contributed by atoms with Gasteiger partial charge in [0.25, 0.3) is 0 Å². The summed E-state index contributed by atoms with van der Waals surface area (Å²) in [6.07, 6.45) is 6.41. The zero-order chi connectivity index (χ0) is 22.5. The first kappa shape index (κ1) is 23.7. The third-order valence-corrected chi connectivity index (χ3v) is 7.30. The Morgan fingerprint density at radius 2 is 1.77 bits per heavy atom. The number of carbonyl (C=O) groups is 1. The maximum absolute atomic E-state index is 13.1. The number of rotatable bonds is 10. The van der Waals surface area contributed by atoms with Crippen molar-refractivity contribution in [1.29, 1.82) is 0 Å². The van der Waals surface area contributed by atoms with Crippen molar-refractivity contribution in [3.05, 3.63) is 41.7 Å². The van der Waals surface area contributed by atoms with Crippen LogP contribution in [0.4, 0.5) is 4.39 Å². The SMILES string of the molecule is COCC(C)(C)CNC(=O)C12CCC(c3ccc(OCC(=CF)CN)cc3)(CC1)CC2. The van der Waals surface area contributed by atoms with E-state index in [1.165, 1.54) is 5.56 Å². The van der Waals surface area contributed by atoms with Crippen LogP contribution in [-0.2, 0) is 14.9 Å². The van der Waals surface area contributed by atoms with E-state index in [-0.39, 0.29) is 35.3 Å². The Labute approximate surface area is 185 Å². The fraction of sp³-hybridized carbons (Fsp3) is 0.640. The summed E-state index contributed by atoms with van der Waals surface area (Å²) in [6.45, 7) is 5.80. The Balaban J connectivity index is 1.58. The molecule has 0 unspecified atom stereocenters. The van der Waals surface area contributed by atoms with Gasteiger partial charge in [-0.05, 0) is 61.6 Å². The lowest BCUT2D eigenvalue weighted by Gasteiger charge is -2.53. The van der Waals surface area contributed by atoms with E-state index in [0.717, 1.165) is 38.5 Å². The molecule has 6 heteroatoms. The molecule has 0 spiro atoms. The lowest BCUT2D eigenvalue weighted by molar-refractivity contribution is -0.138. The van der Waals surface area contributed by atoms with Crippen LogP contribution in [0.25, 0.3) is 0 Å². The molecule has 0 heterocycles. The van der Waals surface area contributed by atoms with E-state index in [1.807, 2.05) is 12.1 Å². The van der Waals surface area contributed by atoms with Crippen LogP contribution in [0.2, 0.25) is 0 Å². The number of fused-ring (bicyclic) bond motifs is 3. The highest BCUT2D eigenvalue weighted by atomic mass is 19.1. The predicted octanol–water partition coefficient (Wildman–Crippen LogP) is 4.26. The smallest absolute Gasteiger partial charge is 0.226 e. The van der Waals surface area contributed by atoms with Crippen LogP contribution in [0.5, 0.6) is 5.75 Å². The van der Waals surface area contributed by atoms with Gasteiger partial charge in [0.1, 0.15) is 12.4 Å². The molecule has 0 saturated heterocycles. The van der Waals surface area contributed by atoms with Crippen molar-refractivity contribution < 1.29 is 18.7 Å². The molecular weight excluding hydrogens is 395 g/mol. The lowest BCUT2D eigenvalue weighted by atomic mass is 9.51. The van der Waals surface area contributed by atoms with Crippen LogP contribution >= 0.6 is 0 Å². The third kappa shape index (κ3) is 5.29. The number of hydrogen-bond acceptors (Lipinski definition) is 4. The molecule has 3 fully saturated rings. The van der Waals surface area contributed by atoms with Gasteiger partial charge in [0.15, 0.2) is 0 Å². The highest BCUT2D eigenvalue weighted by Crippen LogP contribution is 2.58. The lowest BCUT2D eigenvalue weighted by Crippen LogP contribution is -2.53. The molecule has 2 bridgehead atoms. The molecule has 3 N–H and O–H groups in total. The maximum atomic E-state index is 13.1. The highest BCUT2D eigenvalue weighted by molar-refractivity contribution is 5.83. The molecule has 31 heavy (non-hydrogen) atoms. The largest absolute Gasteiger partial charge is 0.489 e. The van der Waals surface area contributed by atoms with Gasteiger partial charge in [-0.1, -0.05) is 26.0 Å². The van der Waals surface area contributed by atoms with Gasteiger partial charge in [-0.2, -0.15) is 0 Å². The summed E-state index contributed by atoms with van der Waals surface area (Å²) in [7, 11) is 1.70. The summed E-state index contributed by atoms with van der Waals surface area (Å²) < 4.78 is 23.5.